The second-order valence-corrected chi connectivity index (χ2v) is 4.90. The largest absolute Gasteiger partial charge is 0.326 e. The maximum atomic E-state index is 12.1. The second kappa shape index (κ2) is 6.18. The van der Waals surface area contributed by atoms with E-state index in [9.17, 15) is 4.79 Å². The number of carbonyl (C=O) groups excluding carboxylic acids is 1. The first-order chi connectivity index (χ1) is 10.3. The van der Waals surface area contributed by atoms with E-state index in [1.165, 1.54) is 0 Å². The minimum absolute atomic E-state index is 0.0111. The standard InChI is InChI=1S/C18H16N2O/c21-18(12-11-15-8-3-4-13-19-15)20-17-10-5-7-14-6-1-2-9-16(14)17/h1-10,13H,11-12H2,(H,20,21). The molecule has 0 atom stereocenters. The molecule has 3 heteroatoms. The number of nitrogens with zero attached hydrogens (tertiary/aromatic N) is 1. The summed E-state index contributed by atoms with van der Waals surface area (Å²) in [6.07, 6.45) is 2.83. The van der Waals surface area contributed by atoms with Crippen LogP contribution in [0.2, 0.25) is 0 Å². The van der Waals surface area contributed by atoms with E-state index in [-0.39, 0.29) is 5.91 Å². The van der Waals surface area contributed by atoms with Crippen LogP contribution in [0.5, 0.6) is 0 Å². The van der Waals surface area contributed by atoms with Gasteiger partial charge in [-0.25, -0.2) is 0 Å². The Kier molecular flexibility index (Phi) is 3.92. The molecule has 1 N–H and O–H groups in total. The van der Waals surface area contributed by atoms with Gasteiger partial charge < -0.3 is 5.32 Å². The molecule has 0 saturated carbocycles. The van der Waals surface area contributed by atoms with E-state index in [0.29, 0.717) is 12.8 Å². The van der Waals surface area contributed by atoms with Crippen molar-refractivity contribution in [1.29, 1.82) is 0 Å². The molecular formula is C18H16N2O. The minimum Gasteiger partial charge on any atom is -0.326 e. The summed E-state index contributed by atoms with van der Waals surface area (Å²) < 4.78 is 0. The third-order valence-corrected chi connectivity index (χ3v) is 3.40. The summed E-state index contributed by atoms with van der Waals surface area (Å²) in [6.45, 7) is 0. The van der Waals surface area contributed by atoms with Crippen LogP contribution in [0.4, 0.5) is 5.69 Å². The lowest BCUT2D eigenvalue weighted by atomic mass is 10.1. The van der Waals surface area contributed by atoms with E-state index < -0.39 is 0 Å². The van der Waals surface area contributed by atoms with Gasteiger partial charge in [0.2, 0.25) is 5.91 Å². The van der Waals surface area contributed by atoms with Gasteiger partial charge in [0.25, 0.3) is 0 Å². The average Bonchev–Trinajstić information content (AvgIpc) is 2.54. The quantitative estimate of drug-likeness (QED) is 0.787. The third-order valence-electron chi connectivity index (χ3n) is 3.40. The average molecular weight is 276 g/mol. The lowest BCUT2D eigenvalue weighted by Crippen LogP contribution is -2.12. The molecule has 104 valence electrons. The molecule has 3 nitrogen and oxygen atoms in total. The van der Waals surface area contributed by atoms with E-state index >= 15 is 0 Å². The Bertz CT molecular complexity index is 748. The van der Waals surface area contributed by atoms with E-state index in [2.05, 4.69) is 10.3 Å². The normalized spacial score (nSPS) is 10.5. The predicted molar refractivity (Wildman–Crippen MR) is 85.1 cm³/mol. The summed E-state index contributed by atoms with van der Waals surface area (Å²) >= 11 is 0. The van der Waals surface area contributed by atoms with Crippen molar-refractivity contribution >= 4 is 22.4 Å². The zero-order chi connectivity index (χ0) is 14.5. The monoisotopic (exact) mass is 276 g/mol. The molecule has 0 aliphatic heterocycles. The van der Waals surface area contributed by atoms with Crippen molar-refractivity contribution in [3.05, 3.63) is 72.6 Å². The SMILES string of the molecule is O=C(CCc1ccccn1)Nc1cccc2ccccc12. The molecular weight excluding hydrogens is 260 g/mol. The van der Waals surface area contributed by atoms with E-state index in [0.717, 1.165) is 22.2 Å². The number of pyridine rings is 1. The van der Waals surface area contributed by atoms with E-state index in [1.54, 1.807) is 6.20 Å². The van der Waals surface area contributed by atoms with Gasteiger partial charge >= 0.3 is 0 Å². The van der Waals surface area contributed by atoms with Gasteiger partial charge in [-0.3, -0.25) is 9.78 Å². The van der Waals surface area contributed by atoms with Gasteiger partial charge in [-0.1, -0.05) is 42.5 Å². The zero-order valence-corrected chi connectivity index (χ0v) is 11.6. The zero-order valence-electron chi connectivity index (χ0n) is 11.6. The highest BCUT2D eigenvalue weighted by Crippen LogP contribution is 2.23. The summed E-state index contributed by atoms with van der Waals surface area (Å²) in [4.78, 5) is 16.3. The lowest BCUT2D eigenvalue weighted by molar-refractivity contribution is -0.116. The molecule has 3 aromatic rings. The number of aromatic nitrogens is 1. The fourth-order valence-corrected chi connectivity index (χ4v) is 2.33. The van der Waals surface area contributed by atoms with Crippen LogP contribution in [0.15, 0.2) is 66.9 Å². The number of anilines is 1. The first-order valence-electron chi connectivity index (χ1n) is 7.00. The number of nitrogens with one attached hydrogen (secondary N) is 1. The molecule has 2 aromatic carbocycles. The van der Waals surface area contributed by atoms with Crippen LogP contribution in [-0.2, 0) is 11.2 Å². The Labute approximate surface area is 123 Å². The van der Waals surface area contributed by atoms with Crippen molar-refractivity contribution < 1.29 is 4.79 Å². The van der Waals surface area contributed by atoms with Crippen molar-refractivity contribution in [3.63, 3.8) is 0 Å². The molecule has 21 heavy (non-hydrogen) atoms. The fraction of sp³-hybridized carbons (Fsp3) is 0.111. The molecule has 0 fully saturated rings. The molecule has 3 rings (SSSR count). The lowest BCUT2D eigenvalue weighted by Gasteiger charge is -2.08. The van der Waals surface area contributed by atoms with Gasteiger partial charge in [0, 0.05) is 29.4 Å². The molecule has 0 radical (unpaired) electrons. The predicted octanol–water partition coefficient (Wildman–Crippen LogP) is 3.81. The van der Waals surface area contributed by atoms with Crippen molar-refractivity contribution in [2.75, 3.05) is 5.32 Å². The summed E-state index contributed by atoms with van der Waals surface area (Å²) in [5, 5.41) is 5.17. The number of hydrogen-bond acceptors (Lipinski definition) is 2. The van der Waals surface area contributed by atoms with Gasteiger partial charge in [-0.15, -0.1) is 0 Å². The summed E-state index contributed by atoms with van der Waals surface area (Å²) in [5.41, 5.74) is 1.80. The molecule has 0 saturated heterocycles. The van der Waals surface area contributed by atoms with Crippen LogP contribution in [-0.4, -0.2) is 10.9 Å². The molecule has 0 unspecified atom stereocenters. The Morgan fingerprint density at radius 1 is 0.952 bits per heavy atom. The number of rotatable bonds is 4. The van der Waals surface area contributed by atoms with Crippen molar-refractivity contribution in [2.45, 2.75) is 12.8 Å². The highest BCUT2D eigenvalue weighted by Gasteiger charge is 2.06. The van der Waals surface area contributed by atoms with Crippen molar-refractivity contribution in [3.8, 4) is 0 Å². The number of fused-ring (bicyclic) bond motifs is 1. The highest BCUT2D eigenvalue weighted by atomic mass is 16.1. The number of carbonyl (C=O) groups is 1. The Morgan fingerprint density at radius 3 is 2.62 bits per heavy atom. The third kappa shape index (κ3) is 3.26. The maximum absolute atomic E-state index is 12.1. The van der Waals surface area contributed by atoms with E-state index in [1.807, 2.05) is 60.7 Å². The van der Waals surface area contributed by atoms with E-state index in [4.69, 9.17) is 0 Å². The molecule has 0 aliphatic rings. The van der Waals surface area contributed by atoms with Crippen LogP contribution >= 0.6 is 0 Å². The van der Waals surface area contributed by atoms with Crippen molar-refractivity contribution in [2.24, 2.45) is 0 Å². The molecule has 1 aromatic heterocycles. The van der Waals surface area contributed by atoms with Gasteiger partial charge in [0.1, 0.15) is 0 Å². The fourth-order valence-electron chi connectivity index (χ4n) is 2.33. The summed E-state index contributed by atoms with van der Waals surface area (Å²) in [5.74, 6) is 0.0111. The highest BCUT2D eigenvalue weighted by molar-refractivity contribution is 6.02. The second-order valence-electron chi connectivity index (χ2n) is 4.90. The van der Waals surface area contributed by atoms with Crippen LogP contribution in [0, 0.1) is 0 Å². The topological polar surface area (TPSA) is 42.0 Å². The van der Waals surface area contributed by atoms with Crippen molar-refractivity contribution in [1.82, 2.24) is 4.98 Å². The molecule has 1 amide bonds. The van der Waals surface area contributed by atoms with Crippen LogP contribution in [0.1, 0.15) is 12.1 Å². The van der Waals surface area contributed by atoms with Gasteiger partial charge in [0.15, 0.2) is 0 Å². The molecule has 0 bridgehead atoms. The number of aryl methyl sites for hydroxylation is 1. The smallest absolute Gasteiger partial charge is 0.224 e. The molecule has 0 aliphatic carbocycles. The van der Waals surface area contributed by atoms with Crippen LogP contribution in [0.25, 0.3) is 10.8 Å². The number of benzene rings is 2. The molecule has 1 heterocycles. The number of amides is 1. The van der Waals surface area contributed by atoms with Crippen LogP contribution < -0.4 is 5.32 Å². The van der Waals surface area contributed by atoms with Crippen LogP contribution in [0.3, 0.4) is 0 Å². The Morgan fingerprint density at radius 2 is 1.76 bits per heavy atom. The van der Waals surface area contributed by atoms with Gasteiger partial charge in [0.05, 0.1) is 0 Å². The Balaban J connectivity index is 1.69. The summed E-state index contributed by atoms with van der Waals surface area (Å²) in [6, 6.07) is 19.7. The first-order valence-corrected chi connectivity index (χ1v) is 7.00. The maximum Gasteiger partial charge on any atom is 0.224 e. The minimum atomic E-state index is 0.0111. The first kappa shape index (κ1) is 13.3. The van der Waals surface area contributed by atoms with Gasteiger partial charge in [-0.2, -0.15) is 0 Å². The van der Waals surface area contributed by atoms with Gasteiger partial charge in [-0.05, 0) is 30.0 Å². The Hall–Kier alpha value is -2.68. The molecule has 0 spiro atoms. The summed E-state index contributed by atoms with van der Waals surface area (Å²) in [7, 11) is 0. The number of hydrogen-bond donors (Lipinski definition) is 1.